The van der Waals surface area contributed by atoms with Gasteiger partial charge in [0.2, 0.25) is 5.91 Å². The van der Waals surface area contributed by atoms with Crippen molar-refractivity contribution in [3.63, 3.8) is 0 Å². The molecule has 0 saturated heterocycles. The molecule has 0 heterocycles. The van der Waals surface area contributed by atoms with E-state index in [1.54, 1.807) is 12.3 Å². The molecule has 2 N–H and O–H groups in total. The Labute approximate surface area is 103 Å². The van der Waals surface area contributed by atoms with Crippen LogP contribution >= 0.6 is 0 Å². The maximum atomic E-state index is 11.8. The smallest absolute Gasteiger partial charge is 0.307 e. The number of amides is 1. The molecule has 0 fully saturated rings. The van der Waals surface area contributed by atoms with E-state index in [1.807, 2.05) is 6.08 Å². The van der Waals surface area contributed by atoms with Crippen molar-refractivity contribution in [2.75, 3.05) is 18.6 Å². The van der Waals surface area contributed by atoms with Crippen LogP contribution in [0.3, 0.4) is 0 Å². The molecule has 0 bridgehead atoms. The molecule has 0 aromatic heterocycles. The normalized spacial score (nSPS) is 25.2. The molecule has 6 heteroatoms. The zero-order chi connectivity index (χ0) is 12.8. The molecule has 1 amide bonds. The van der Waals surface area contributed by atoms with E-state index in [4.69, 9.17) is 5.11 Å². The highest BCUT2D eigenvalue weighted by molar-refractivity contribution is 7.84. The Morgan fingerprint density at radius 3 is 2.47 bits per heavy atom. The van der Waals surface area contributed by atoms with E-state index in [9.17, 15) is 13.8 Å². The van der Waals surface area contributed by atoms with Crippen LogP contribution in [0.15, 0.2) is 12.2 Å². The molecule has 1 aliphatic carbocycles. The summed E-state index contributed by atoms with van der Waals surface area (Å²) in [4.78, 5) is 22.8. The molecule has 1 rings (SSSR count). The van der Waals surface area contributed by atoms with Crippen molar-refractivity contribution in [1.82, 2.24) is 5.32 Å². The van der Waals surface area contributed by atoms with Crippen LogP contribution in [0.2, 0.25) is 0 Å². The molecular weight excluding hydrogens is 242 g/mol. The zero-order valence-corrected chi connectivity index (χ0v) is 10.5. The summed E-state index contributed by atoms with van der Waals surface area (Å²) in [6.45, 7) is 0.328. The fraction of sp³-hybridized carbons (Fsp3) is 0.636. The maximum Gasteiger partial charge on any atom is 0.307 e. The van der Waals surface area contributed by atoms with Crippen molar-refractivity contribution in [3.05, 3.63) is 12.2 Å². The van der Waals surface area contributed by atoms with Crippen LogP contribution in [0.1, 0.15) is 12.8 Å². The third-order valence-corrected chi connectivity index (χ3v) is 3.55. The highest BCUT2D eigenvalue weighted by Crippen LogP contribution is 2.25. The fourth-order valence-corrected chi connectivity index (χ4v) is 2.22. The number of hydrogen-bond donors (Lipinski definition) is 2. The van der Waals surface area contributed by atoms with Crippen LogP contribution in [-0.2, 0) is 20.4 Å². The van der Waals surface area contributed by atoms with Gasteiger partial charge >= 0.3 is 5.97 Å². The monoisotopic (exact) mass is 259 g/mol. The van der Waals surface area contributed by atoms with Gasteiger partial charge in [0.1, 0.15) is 0 Å². The molecule has 1 unspecified atom stereocenters. The molecule has 0 aliphatic heterocycles. The van der Waals surface area contributed by atoms with Crippen LogP contribution in [0, 0.1) is 11.8 Å². The minimum atomic E-state index is -0.949. The van der Waals surface area contributed by atoms with Gasteiger partial charge in [-0.05, 0) is 12.8 Å². The zero-order valence-electron chi connectivity index (χ0n) is 9.72. The molecule has 0 radical (unpaired) electrons. The quantitative estimate of drug-likeness (QED) is 0.688. The number of nitrogens with one attached hydrogen (secondary N) is 1. The minimum absolute atomic E-state index is 0.257. The Hall–Kier alpha value is -1.17. The van der Waals surface area contributed by atoms with E-state index in [2.05, 4.69) is 5.32 Å². The van der Waals surface area contributed by atoms with Crippen LogP contribution < -0.4 is 5.32 Å². The van der Waals surface area contributed by atoms with Gasteiger partial charge in [-0.1, -0.05) is 12.2 Å². The number of rotatable bonds is 5. The van der Waals surface area contributed by atoms with E-state index < -0.39 is 28.6 Å². The molecule has 5 nitrogen and oxygen atoms in total. The number of carbonyl (C=O) groups excluding carboxylic acids is 1. The lowest BCUT2D eigenvalue weighted by Gasteiger charge is -2.24. The Balaban J connectivity index is 2.51. The number of aliphatic carboxylic acids is 1. The first-order valence-corrected chi connectivity index (χ1v) is 7.20. The summed E-state index contributed by atoms with van der Waals surface area (Å²) < 4.78 is 10.8. The summed E-state index contributed by atoms with van der Waals surface area (Å²) in [6, 6.07) is 0. The second-order valence-electron chi connectivity index (χ2n) is 4.06. The summed E-state index contributed by atoms with van der Waals surface area (Å²) in [7, 11) is -0.949. The second-order valence-corrected chi connectivity index (χ2v) is 5.62. The number of carbonyl (C=O) groups is 2. The summed E-state index contributed by atoms with van der Waals surface area (Å²) in [5.41, 5.74) is 0. The number of hydrogen-bond acceptors (Lipinski definition) is 3. The SMILES string of the molecule is CS(=O)CCNC(=O)[C@@H]1CC=CC[C@@H]1C(=O)O. The molecule has 0 spiro atoms. The van der Waals surface area contributed by atoms with Crippen LogP contribution in [-0.4, -0.2) is 39.7 Å². The van der Waals surface area contributed by atoms with Crippen molar-refractivity contribution in [2.24, 2.45) is 11.8 Å². The first-order valence-electron chi connectivity index (χ1n) is 5.48. The van der Waals surface area contributed by atoms with Gasteiger partial charge in [0, 0.05) is 29.4 Å². The van der Waals surface area contributed by atoms with Crippen molar-refractivity contribution in [3.8, 4) is 0 Å². The maximum absolute atomic E-state index is 11.8. The summed E-state index contributed by atoms with van der Waals surface area (Å²) >= 11 is 0. The van der Waals surface area contributed by atoms with E-state index in [1.165, 1.54) is 0 Å². The third kappa shape index (κ3) is 4.30. The van der Waals surface area contributed by atoms with Gasteiger partial charge in [-0.2, -0.15) is 0 Å². The first kappa shape index (κ1) is 13.9. The number of allylic oxidation sites excluding steroid dienone is 2. The molecule has 96 valence electrons. The molecule has 17 heavy (non-hydrogen) atoms. The summed E-state index contributed by atoms with van der Waals surface area (Å²) in [5.74, 6) is -1.96. The van der Waals surface area contributed by atoms with Crippen molar-refractivity contribution >= 4 is 22.7 Å². The van der Waals surface area contributed by atoms with Crippen LogP contribution in [0.25, 0.3) is 0 Å². The van der Waals surface area contributed by atoms with Crippen molar-refractivity contribution in [2.45, 2.75) is 12.8 Å². The lowest BCUT2D eigenvalue weighted by atomic mass is 9.82. The van der Waals surface area contributed by atoms with Gasteiger partial charge in [-0.3, -0.25) is 13.8 Å². The van der Waals surface area contributed by atoms with Crippen molar-refractivity contribution in [1.29, 1.82) is 0 Å². The highest BCUT2D eigenvalue weighted by Gasteiger charge is 2.33. The average Bonchev–Trinajstić information content (AvgIpc) is 2.28. The lowest BCUT2D eigenvalue weighted by Crippen LogP contribution is -2.40. The molecule has 1 aliphatic rings. The van der Waals surface area contributed by atoms with Gasteiger partial charge in [0.25, 0.3) is 0 Å². The highest BCUT2D eigenvalue weighted by atomic mass is 32.2. The standard InChI is InChI=1S/C11H17NO4S/c1-17(16)7-6-12-10(13)8-4-2-3-5-9(8)11(14)15/h2-3,8-9H,4-7H2,1H3,(H,12,13)(H,14,15)/t8-,9+,17?/m1/s1. The molecule has 3 atom stereocenters. The predicted octanol–water partition coefficient (Wildman–Crippen LogP) is 0.148. The van der Waals surface area contributed by atoms with E-state index in [-0.39, 0.29) is 5.91 Å². The first-order chi connectivity index (χ1) is 8.02. The van der Waals surface area contributed by atoms with Gasteiger partial charge in [-0.15, -0.1) is 0 Å². The van der Waals surface area contributed by atoms with E-state index in [0.717, 1.165) is 0 Å². The van der Waals surface area contributed by atoms with Gasteiger partial charge in [-0.25, -0.2) is 0 Å². The topological polar surface area (TPSA) is 83.5 Å². The average molecular weight is 259 g/mol. The van der Waals surface area contributed by atoms with Crippen molar-refractivity contribution < 1.29 is 18.9 Å². The third-order valence-electron chi connectivity index (χ3n) is 2.78. The second kappa shape index (κ2) is 6.54. The lowest BCUT2D eigenvalue weighted by molar-refractivity contribution is -0.147. The van der Waals surface area contributed by atoms with Gasteiger partial charge in [0.15, 0.2) is 0 Å². The van der Waals surface area contributed by atoms with E-state index in [0.29, 0.717) is 25.1 Å². The molecule has 0 saturated carbocycles. The Morgan fingerprint density at radius 1 is 1.35 bits per heavy atom. The fourth-order valence-electron chi connectivity index (χ4n) is 1.83. The number of carboxylic acids is 1. The molecule has 0 aromatic carbocycles. The predicted molar refractivity (Wildman–Crippen MR) is 64.9 cm³/mol. The minimum Gasteiger partial charge on any atom is -0.481 e. The van der Waals surface area contributed by atoms with Gasteiger partial charge in [0.05, 0.1) is 11.8 Å². The van der Waals surface area contributed by atoms with Gasteiger partial charge < -0.3 is 10.4 Å². The van der Waals surface area contributed by atoms with Crippen LogP contribution in [0.4, 0.5) is 0 Å². The summed E-state index contributed by atoms with van der Waals surface area (Å²) in [5, 5.41) is 11.6. The van der Waals surface area contributed by atoms with E-state index >= 15 is 0 Å². The number of carboxylic acid groups (broad SMARTS) is 1. The largest absolute Gasteiger partial charge is 0.481 e. The molecular formula is C11H17NO4S. The van der Waals surface area contributed by atoms with Crippen LogP contribution in [0.5, 0.6) is 0 Å². The molecule has 0 aromatic rings. The Bertz CT molecular complexity index is 353. The summed E-state index contributed by atoms with van der Waals surface area (Å²) in [6.07, 6.45) is 6.05. The Morgan fingerprint density at radius 2 is 1.94 bits per heavy atom. The Kier molecular flexibility index (Phi) is 5.34.